The van der Waals surface area contributed by atoms with Crippen LogP contribution in [0.5, 0.6) is 0 Å². The second-order valence-electron chi connectivity index (χ2n) is 5.31. The Balaban J connectivity index is 2.05. The molecule has 18 heavy (non-hydrogen) atoms. The lowest BCUT2D eigenvalue weighted by atomic mass is 10.1. The molecule has 0 aromatic carbocycles. The normalized spacial score (nSPS) is 12.0. The summed E-state index contributed by atoms with van der Waals surface area (Å²) < 4.78 is 1.68. The van der Waals surface area contributed by atoms with Crippen LogP contribution in [-0.2, 0) is 0 Å². The number of hydrogen-bond acceptors (Lipinski definition) is 6. The predicted octanol–water partition coefficient (Wildman–Crippen LogP) is 0.344. The predicted molar refractivity (Wildman–Crippen MR) is 69.6 cm³/mol. The first-order valence-electron chi connectivity index (χ1n) is 5.96. The average Bonchev–Trinajstić information content (AvgIpc) is 2.74. The van der Waals surface area contributed by atoms with E-state index in [1.165, 1.54) is 0 Å². The summed E-state index contributed by atoms with van der Waals surface area (Å²) in [4.78, 5) is 6.22. The van der Waals surface area contributed by atoms with Gasteiger partial charge in [0.2, 0.25) is 0 Å². The average molecular weight is 249 g/mol. The van der Waals surface area contributed by atoms with Crippen molar-refractivity contribution in [1.29, 1.82) is 0 Å². The van der Waals surface area contributed by atoms with E-state index in [4.69, 9.17) is 0 Å². The molecule has 2 aromatic rings. The highest BCUT2D eigenvalue weighted by molar-refractivity contribution is 5.45. The lowest BCUT2D eigenvalue weighted by Gasteiger charge is -2.24. The van der Waals surface area contributed by atoms with Crippen LogP contribution < -0.4 is 10.2 Å². The third kappa shape index (κ3) is 2.92. The lowest BCUT2D eigenvalue weighted by molar-refractivity contribution is 0.430. The minimum absolute atomic E-state index is 0.125. The fourth-order valence-corrected chi connectivity index (χ4v) is 1.64. The van der Waals surface area contributed by atoms with Crippen molar-refractivity contribution >= 4 is 11.5 Å². The van der Waals surface area contributed by atoms with Crippen LogP contribution in [-0.4, -0.2) is 50.7 Å². The van der Waals surface area contributed by atoms with E-state index in [0.717, 1.165) is 18.9 Å². The van der Waals surface area contributed by atoms with Crippen molar-refractivity contribution in [1.82, 2.24) is 30.3 Å². The van der Waals surface area contributed by atoms with Crippen LogP contribution in [0, 0.1) is 0 Å². The Labute approximate surface area is 106 Å². The lowest BCUT2D eigenvalue weighted by Crippen LogP contribution is -2.40. The molecule has 0 aliphatic carbocycles. The molecule has 0 saturated carbocycles. The number of likely N-dealkylation sites (N-methyl/N-ethyl adjacent to an activating group) is 1. The van der Waals surface area contributed by atoms with Crippen molar-refractivity contribution in [2.75, 3.05) is 25.0 Å². The van der Waals surface area contributed by atoms with E-state index in [1.54, 1.807) is 16.9 Å². The SMILES string of the molecule is CN(CCNC(C)(C)C)c1cncc2nnnn12. The van der Waals surface area contributed by atoms with Crippen molar-refractivity contribution in [3.05, 3.63) is 12.4 Å². The first-order chi connectivity index (χ1) is 8.47. The van der Waals surface area contributed by atoms with Crippen molar-refractivity contribution in [3.63, 3.8) is 0 Å². The van der Waals surface area contributed by atoms with Crippen molar-refractivity contribution < 1.29 is 0 Å². The molecule has 1 N–H and O–H groups in total. The topological polar surface area (TPSA) is 71.2 Å². The highest BCUT2D eigenvalue weighted by atomic mass is 15.5. The van der Waals surface area contributed by atoms with Gasteiger partial charge in [-0.15, -0.1) is 5.10 Å². The molecule has 7 heteroatoms. The number of hydrogen-bond donors (Lipinski definition) is 1. The van der Waals surface area contributed by atoms with Crippen LogP contribution >= 0.6 is 0 Å². The molecule has 0 aliphatic rings. The van der Waals surface area contributed by atoms with Crippen LogP contribution in [0.1, 0.15) is 20.8 Å². The first-order valence-corrected chi connectivity index (χ1v) is 5.96. The smallest absolute Gasteiger partial charge is 0.199 e. The van der Waals surface area contributed by atoms with Gasteiger partial charge in [-0.1, -0.05) is 0 Å². The van der Waals surface area contributed by atoms with Crippen LogP contribution in [0.15, 0.2) is 12.4 Å². The number of fused-ring (bicyclic) bond motifs is 1. The largest absolute Gasteiger partial charge is 0.357 e. The Kier molecular flexibility index (Phi) is 3.42. The summed E-state index contributed by atoms with van der Waals surface area (Å²) in [5.41, 5.74) is 0.781. The van der Waals surface area contributed by atoms with Gasteiger partial charge in [0, 0.05) is 25.7 Å². The number of tetrazole rings is 1. The van der Waals surface area contributed by atoms with Gasteiger partial charge in [0.15, 0.2) is 11.5 Å². The van der Waals surface area contributed by atoms with E-state index in [1.807, 2.05) is 7.05 Å². The van der Waals surface area contributed by atoms with Gasteiger partial charge in [-0.3, -0.25) is 4.98 Å². The van der Waals surface area contributed by atoms with Gasteiger partial charge >= 0.3 is 0 Å². The molecule has 7 nitrogen and oxygen atoms in total. The van der Waals surface area contributed by atoms with E-state index in [2.05, 4.69) is 51.5 Å². The maximum Gasteiger partial charge on any atom is 0.199 e. The van der Waals surface area contributed by atoms with Gasteiger partial charge in [0.05, 0.1) is 12.4 Å². The Morgan fingerprint density at radius 3 is 2.83 bits per heavy atom. The quantitative estimate of drug-likeness (QED) is 0.842. The molecule has 0 radical (unpaired) electrons. The highest BCUT2D eigenvalue weighted by Crippen LogP contribution is 2.10. The molecule has 0 amide bonds. The molecule has 0 aliphatic heterocycles. The van der Waals surface area contributed by atoms with E-state index >= 15 is 0 Å². The summed E-state index contributed by atoms with van der Waals surface area (Å²) in [5, 5.41) is 14.9. The molecular weight excluding hydrogens is 230 g/mol. The van der Waals surface area contributed by atoms with Gasteiger partial charge in [0.1, 0.15) is 0 Å². The van der Waals surface area contributed by atoms with Gasteiger partial charge in [-0.2, -0.15) is 4.52 Å². The van der Waals surface area contributed by atoms with Crippen LogP contribution in [0.4, 0.5) is 5.82 Å². The molecule has 0 saturated heterocycles. The fourth-order valence-electron chi connectivity index (χ4n) is 1.64. The maximum atomic E-state index is 4.14. The number of rotatable bonds is 4. The molecule has 2 heterocycles. The Morgan fingerprint density at radius 1 is 1.33 bits per heavy atom. The van der Waals surface area contributed by atoms with Crippen LogP contribution in [0.3, 0.4) is 0 Å². The number of nitrogens with zero attached hydrogens (tertiary/aromatic N) is 6. The molecule has 0 fully saturated rings. The summed E-state index contributed by atoms with van der Waals surface area (Å²) in [6.45, 7) is 8.19. The Morgan fingerprint density at radius 2 is 2.11 bits per heavy atom. The standard InChI is InChI=1S/C11H19N7/c1-11(2,3)13-5-6-17(4)10-8-12-7-9-14-15-16-18(9)10/h7-8,13H,5-6H2,1-4H3. The van der Waals surface area contributed by atoms with E-state index in [-0.39, 0.29) is 5.54 Å². The summed E-state index contributed by atoms with van der Waals surface area (Å²) in [5.74, 6) is 0.883. The summed E-state index contributed by atoms with van der Waals surface area (Å²) in [6.07, 6.45) is 3.41. The van der Waals surface area contributed by atoms with Crippen molar-refractivity contribution in [2.24, 2.45) is 0 Å². The number of aromatic nitrogens is 5. The summed E-state index contributed by atoms with van der Waals surface area (Å²) >= 11 is 0. The minimum Gasteiger partial charge on any atom is -0.357 e. The van der Waals surface area contributed by atoms with Crippen molar-refractivity contribution in [3.8, 4) is 0 Å². The molecule has 0 spiro atoms. The fraction of sp³-hybridized carbons (Fsp3) is 0.636. The van der Waals surface area contributed by atoms with Gasteiger partial charge in [0.25, 0.3) is 0 Å². The third-order valence-electron chi connectivity index (χ3n) is 2.58. The molecule has 0 atom stereocenters. The van der Waals surface area contributed by atoms with Gasteiger partial charge in [-0.05, 0) is 31.2 Å². The summed E-state index contributed by atoms with van der Waals surface area (Å²) in [6, 6.07) is 0. The molecule has 0 bridgehead atoms. The Bertz CT molecular complexity index is 513. The Hall–Kier alpha value is -1.76. The monoisotopic (exact) mass is 249 g/mol. The van der Waals surface area contributed by atoms with Crippen LogP contribution in [0.2, 0.25) is 0 Å². The molecular formula is C11H19N7. The zero-order valence-electron chi connectivity index (χ0n) is 11.3. The second-order valence-corrected chi connectivity index (χ2v) is 5.31. The van der Waals surface area contributed by atoms with E-state index in [9.17, 15) is 0 Å². The molecule has 98 valence electrons. The third-order valence-corrected chi connectivity index (χ3v) is 2.58. The molecule has 2 rings (SSSR count). The van der Waals surface area contributed by atoms with Crippen LogP contribution in [0.25, 0.3) is 5.65 Å². The van der Waals surface area contributed by atoms with E-state index < -0.39 is 0 Å². The van der Waals surface area contributed by atoms with Gasteiger partial charge in [-0.25, -0.2) is 0 Å². The zero-order chi connectivity index (χ0) is 13.2. The minimum atomic E-state index is 0.125. The maximum absolute atomic E-state index is 4.14. The number of nitrogens with one attached hydrogen (secondary N) is 1. The molecule has 0 unspecified atom stereocenters. The van der Waals surface area contributed by atoms with E-state index in [0.29, 0.717) is 5.65 Å². The second kappa shape index (κ2) is 4.85. The van der Waals surface area contributed by atoms with Gasteiger partial charge < -0.3 is 10.2 Å². The summed E-state index contributed by atoms with van der Waals surface area (Å²) in [7, 11) is 2.00. The zero-order valence-corrected chi connectivity index (χ0v) is 11.3. The van der Waals surface area contributed by atoms with Crippen molar-refractivity contribution in [2.45, 2.75) is 26.3 Å². The highest BCUT2D eigenvalue weighted by Gasteiger charge is 2.11. The number of anilines is 1. The first kappa shape index (κ1) is 12.7. The molecule has 2 aromatic heterocycles.